The molecule has 5 aliphatic rings. The molecule has 19 nitrogen and oxygen atoms in total. The molecule has 0 fully saturated rings. The first kappa shape index (κ1) is 41.9. The van der Waals surface area contributed by atoms with E-state index >= 15 is 0 Å². The van der Waals surface area contributed by atoms with Crippen molar-refractivity contribution in [3.63, 3.8) is 0 Å². The Bertz CT molecular complexity index is 3130. The molecule has 0 saturated heterocycles. The van der Waals surface area contributed by atoms with Gasteiger partial charge in [0.1, 0.15) is 15.5 Å². The standard InChI is InChI=1S/C35H29N5O14S4/c1-16-8-19(4-6-26(16)37-39-32-28(57(49,50)51)13-21-11-23(55(43,44)45)10-18(3)30(21)34(32)41)20-5-7-27(17(2)9-20)38-40-33-29(58(52,53)54)14-22-12-24(56(46,47)48)15-25(36)31(22)35(33)42/h4-15,42H,36H2,1-3H3,(H,43,44,45)(H2,46,47,48)(H,49,50,51)(H,52,53,54)/b20-19-,37-26?,38-27?,39-32?,40-33?. The van der Waals surface area contributed by atoms with Crippen molar-refractivity contribution in [2.75, 3.05) is 0 Å². The van der Waals surface area contributed by atoms with Crippen molar-refractivity contribution in [1.82, 2.24) is 0 Å². The van der Waals surface area contributed by atoms with Crippen molar-refractivity contribution >= 4 is 80.0 Å². The molecule has 0 bridgehead atoms. The number of ketones is 1. The Morgan fingerprint density at radius 3 is 1.60 bits per heavy atom. The van der Waals surface area contributed by atoms with E-state index in [-0.39, 0.29) is 45.0 Å². The van der Waals surface area contributed by atoms with Crippen LogP contribution in [0.2, 0.25) is 0 Å². The molecule has 0 radical (unpaired) electrons. The highest BCUT2D eigenvalue weighted by atomic mass is 32.2. The summed E-state index contributed by atoms with van der Waals surface area (Å²) >= 11 is 0. The van der Waals surface area contributed by atoms with Crippen molar-refractivity contribution < 1.29 is 62.1 Å². The molecule has 1 aromatic rings. The van der Waals surface area contributed by atoms with Crippen molar-refractivity contribution in [1.29, 1.82) is 0 Å². The highest BCUT2D eigenvalue weighted by molar-refractivity contribution is 7.92. The number of aliphatic hydroxyl groups is 1. The number of nitrogens with zero attached hydrogens (tertiary/aromatic N) is 4. The summed E-state index contributed by atoms with van der Waals surface area (Å²) in [6.07, 6.45) is 13.2. The largest absolute Gasteiger partial charge is 0.505 e. The van der Waals surface area contributed by atoms with Crippen molar-refractivity contribution in [3.8, 4) is 0 Å². The van der Waals surface area contributed by atoms with Gasteiger partial charge in [-0.15, -0.1) is 10.2 Å². The van der Waals surface area contributed by atoms with Gasteiger partial charge in [0.15, 0.2) is 11.5 Å². The minimum absolute atomic E-state index is 0.0812. The molecule has 0 heterocycles. The normalized spacial score (nSPS) is 23.1. The van der Waals surface area contributed by atoms with Gasteiger partial charge in [0.05, 0.1) is 21.2 Å². The molecule has 0 aliphatic heterocycles. The van der Waals surface area contributed by atoms with Crippen LogP contribution in [0, 0.1) is 6.92 Å². The van der Waals surface area contributed by atoms with Gasteiger partial charge in [0.2, 0.25) is 15.9 Å². The summed E-state index contributed by atoms with van der Waals surface area (Å²) in [7, 11) is -19.4. The van der Waals surface area contributed by atoms with E-state index in [0.29, 0.717) is 22.3 Å². The summed E-state index contributed by atoms with van der Waals surface area (Å²) in [5.74, 6) is -1.80. The van der Waals surface area contributed by atoms with Crippen molar-refractivity contribution in [2.45, 2.75) is 25.7 Å². The van der Waals surface area contributed by atoms with Crippen molar-refractivity contribution in [2.24, 2.45) is 26.1 Å². The van der Waals surface area contributed by atoms with Crippen LogP contribution in [0.5, 0.6) is 0 Å². The fourth-order valence-corrected chi connectivity index (χ4v) is 8.60. The molecule has 0 atom stereocenters. The molecule has 0 amide bonds. The van der Waals surface area contributed by atoms with E-state index in [9.17, 15) is 62.1 Å². The maximum Gasteiger partial charge on any atom is 0.296 e. The minimum Gasteiger partial charge on any atom is -0.505 e. The van der Waals surface area contributed by atoms with Gasteiger partial charge in [-0.25, -0.2) is 4.21 Å². The van der Waals surface area contributed by atoms with Gasteiger partial charge < -0.3 is 10.8 Å². The Morgan fingerprint density at radius 2 is 1.12 bits per heavy atom. The zero-order valence-electron chi connectivity index (χ0n) is 29.9. The molecule has 23 heteroatoms. The number of carbonyl (C=O) groups is 1. The second-order valence-electron chi connectivity index (χ2n) is 12.9. The summed E-state index contributed by atoms with van der Waals surface area (Å²) in [5.41, 5.74) is 6.30. The van der Waals surface area contributed by atoms with Gasteiger partial charge in [-0.05, 0) is 121 Å². The number of hydrogen-bond donors (Lipinski definition) is 7. The Labute approximate surface area is 330 Å². The summed E-state index contributed by atoms with van der Waals surface area (Å²) in [4.78, 5) is 10.4. The molecule has 1 aromatic carbocycles. The average molecular weight is 872 g/mol. The van der Waals surface area contributed by atoms with E-state index in [1.54, 1.807) is 38.2 Å². The molecule has 0 saturated carbocycles. The third-order valence-corrected chi connectivity index (χ3v) is 12.3. The first-order chi connectivity index (χ1) is 26.8. The lowest BCUT2D eigenvalue weighted by molar-refractivity contribution is 0.106. The second-order valence-corrected chi connectivity index (χ2v) is 18.6. The highest BCUT2D eigenvalue weighted by Crippen LogP contribution is 2.35. The number of rotatable bonds is 5. The fraction of sp³-hybridized carbons (Fsp3) is 0.0857. The van der Waals surface area contributed by atoms with E-state index in [1.165, 1.54) is 19.1 Å². The maximum atomic E-state index is 13.5. The quantitative estimate of drug-likeness (QED) is 0.127. The van der Waals surface area contributed by atoms with Crippen LogP contribution in [0.25, 0.3) is 6.08 Å². The summed E-state index contributed by atoms with van der Waals surface area (Å²) in [6, 6.07) is 1.91. The molecule has 8 N–H and O–H groups in total. The lowest BCUT2D eigenvalue weighted by atomic mass is 9.90. The first-order valence-corrected chi connectivity index (χ1v) is 21.9. The average Bonchev–Trinajstić information content (AvgIpc) is 3.09. The van der Waals surface area contributed by atoms with Crippen LogP contribution in [0.1, 0.15) is 35.3 Å². The fourth-order valence-electron chi connectivity index (χ4n) is 6.12. The highest BCUT2D eigenvalue weighted by Gasteiger charge is 2.36. The first-order valence-electron chi connectivity index (χ1n) is 16.1. The van der Waals surface area contributed by atoms with E-state index in [1.807, 2.05) is 0 Å². The number of hydrogen-bond acceptors (Lipinski definition) is 14. The maximum absolute atomic E-state index is 13.5. The van der Waals surface area contributed by atoms with Gasteiger partial charge in [-0.1, -0.05) is 12.2 Å². The third-order valence-electron chi connectivity index (χ3n) is 8.86. The number of aryl methyl sites for hydroxylation is 1. The van der Waals surface area contributed by atoms with Gasteiger partial charge in [-0.2, -0.15) is 35.5 Å². The lowest BCUT2D eigenvalue weighted by Crippen LogP contribution is -2.27. The molecule has 6 rings (SSSR count). The van der Waals surface area contributed by atoms with Gasteiger partial charge in [0.25, 0.3) is 30.4 Å². The number of benzene rings is 1. The SMILES string of the molecule is CC1=C/C(=C2/C=CC(=NN=C3C(S(=O)(=O)O)=CC4=CC(=S(=O)(O)O)C=C(N)C4=C3O)C(C)=C2)C=CC1=NN=C1C(=O)c2c(C)cc(S(=O)(=O)O)cc2C=C1S(=O)(=O)O. The Kier molecular flexibility index (Phi) is 10.5. The van der Waals surface area contributed by atoms with E-state index in [0.717, 1.165) is 36.4 Å². The summed E-state index contributed by atoms with van der Waals surface area (Å²) in [6.45, 7) is 4.67. The van der Waals surface area contributed by atoms with E-state index < -0.39 is 83.0 Å². The minimum atomic E-state index is -5.08. The molecule has 302 valence electrons. The number of Topliss-reactive ketones (excluding diaryl/α,β-unsaturated/α-hetero) is 1. The molecular weight excluding hydrogens is 843 g/mol. The topological polar surface area (TPSA) is 333 Å². The predicted octanol–water partition coefficient (Wildman–Crippen LogP) is 3.37. The van der Waals surface area contributed by atoms with Crippen LogP contribution in [0.15, 0.2) is 147 Å². The summed E-state index contributed by atoms with van der Waals surface area (Å²) < 4.78 is 133. The molecule has 5 aliphatic carbocycles. The zero-order chi connectivity index (χ0) is 42.9. The van der Waals surface area contributed by atoms with Crippen LogP contribution >= 0.6 is 0 Å². The smallest absolute Gasteiger partial charge is 0.296 e. The predicted molar refractivity (Wildman–Crippen MR) is 215 cm³/mol. The third kappa shape index (κ3) is 8.15. The molecule has 58 heavy (non-hydrogen) atoms. The number of fused-ring (bicyclic) bond motifs is 2. The van der Waals surface area contributed by atoms with Crippen LogP contribution in [0.4, 0.5) is 0 Å². The monoisotopic (exact) mass is 871 g/mol. The van der Waals surface area contributed by atoms with Gasteiger partial charge >= 0.3 is 0 Å². The Morgan fingerprint density at radius 1 is 0.603 bits per heavy atom. The zero-order valence-corrected chi connectivity index (χ0v) is 33.1. The van der Waals surface area contributed by atoms with Crippen LogP contribution in [0.3, 0.4) is 0 Å². The molecule has 0 aromatic heterocycles. The van der Waals surface area contributed by atoms with Crippen LogP contribution in [-0.2, 0) is 40.4 Å². The van der Waals surface area contributed by atoms with E-state index in [4.69, 9.17) is 5.73 Å². The number of allylic oxidation sites excluding steroid dienone is 16. The van der Waals surface area contributed by atoms with Crippen LogP contribution < -0.4 is 5.73 Å². The number of aliphatic hydroxyl groups excluding tert-OH is 1. The van der Waals surface area contributed by atoms with Crippen LogP contribution in [-0.4, -0.2) is 90.8 Å². The van der Waals surface area contributed by atoms with E-state index in [2.05, 4.69) is 20.4 Å². The molecular formula is C35H29N5O14S4. The second kappa shape index (κ2) is 14.6. The Balaban J connectivity index is 1.31. The van der Waals surface area contributed by atoms with Crippen molar-refractivity contribution in [3.05, 3.63) is 138 Å². The van der Waals surface area contributed by atoms with Gasteiger partial charge in [-0.3, -0.25) is 27.6 Å². The Hall–Kier alpha value is -5.76. The number of nitrogens with two attached hydrogens (primary N) is 1. The molecule has 0 unspecified atom stereocenters. The summed E-state index contributed by atoms with van der Waals surface area (Å²) in [5, 5.41) is 26.9. The molecule has 0 spiro atoms. The van der Waals surface area contributed by atoms with Gasteiger partial charge in [0, 0.05) is 16.8 Å². The number of carbonyl (C=O) groups excluding carboxylic acids is 1. The lowest BCUT2D eigenvalue weighted by Gasteiger charge is -2.23.